The van der Waals surface area contributed by atoms with Crippen LogP contribution in [-0.4, -0.2) is 18.6 Å². The molecule has 0 aliphatic rings. The van der Waals surface area contributed by atoms with E-state index in [-0.39, 0.29) is 11.4 Å². The van der Waals surface area contributed by atoms with Crippen LogP contribution < -0.4 is 4.72 Å². The zero-order chi connectivity index (χ0) is 13.9. The summed E-state index contributed by atoms with van der Waals surface area (Å²) in [5.74, 6) is 0. The van der Waals surface area contributed by atoms with E-state index in [1.54, 1.807) is 13.0 Å². The molecule has 0 aliphatic heterocycles. The van der Waals surface area contributed by atoms with E-state index in [4.69, 9.17) is 5.26 Å². The van der Waals surface area contributed by atoms with Gasteiger partial charge >= 0.3 is 0 Å². The molecule has 8 heteroatoms. The third-order valence-corrected chi connectivity index (χ3v) is 3.87. The van der Waals surface area contributed by atoms with Crippen molar-refractivity contribution in [2.45, 2.75) is 19.1 Å². The molecule has 0 spiro atoms. The molecular formula is C10H11N3O4S. The number of nitriles is 1. The summed E-state index contributed by atoms with van der Waals surface area (Å²) in [5.41, 5.74) is 0.420. The molecule has 7 nitrogen and oxygen atoms in total. The van der Waals surface area contributed by atoms with Crippen molar-refractivity contribution >= 4 is 21.4 Å². The number of hydrogen-bond donors (Lipinski definition) is 1. The van der Waals surface area contributed by atoms with Gasteiger partial charge in [-0.2, -0.15) is 5.26 Å². The predicted octanol–water partition coefficient (Wildman–Crippen LogP) is 1.56. The minimum absolute atomic E-state index is 0.103. The van der Waals surface area contributed by atoms with E-state index in [1.807, 2.05) is 0 Å². The number of aryl methyl sites for hydroxylation is 1. The van der Waals surface area contributed by atoms with E-state index in [9.17, 15) is 18.5 Å². The first-order valence-electron chi connectivity index (χ1n) is 4.94. The van der Waals surface area contributed by atoms with Crippen LogP contribution in [0.1, 0.15) is 12.5 Å². The molecule has 0 aromatic heterocycles. The van der Waals surface area contributed by atoms with Gasteiger partial charge in [-0.15, -0.1) is 0 Å². The van der Waals surface area contributed by atoms with Crippen molar-refractivity contribution in [3.05, 3.63) is 33.9 Å². The molecule has 1 rings (SSSR count). The number of hydrogen-bond acceptors (Lipinski definition) is 5. The van der Waals surface area contributed by atoms with Gasteiger partial charge in [0.1, 0.15) is 0 Å². The van der Waals surface area contributed by atoms with Crippen LogP contribution in [0, 0.1) is 28.4 Å². The number of rotatable bonds is 4. The van der Waals surface area contributed by atoms with E-state index in [1.165, 1.54) is 19.1 Å². The molecule has 0 heterocycles. The molecule has 0 saturated carbocycles. The summed E-state index contributed by atoms with van der Waals surface area (Å²) in [7, 11) is -3.86. The number of nitrogens with one attached hydrogen (secondary N) is 1. The smallest absolute Gasteiger partial charge is 0.271 e. The van der Waals surface area contributed by atoms with Crippen LogP contribution in [0.4, 0.5) is 11.4 Å². The molecule has 1 N–H and O–H groups in total. The van der Waals surface area contributed by atoms with E-state index in [0.717, 1.165) is 6.07 Å². The maximum Gasteiger partial charge on any atom is 0.271 e. The quantitative estimate of drug-likeness (QED) is 0.658. The Labute approximate surface area is 104 Å². The highest BCUT2D eigenvalue weighted by Crippen LogP contribution is 2.23. The molecule has 0 bridgehead atoms. The van der Waals surface area contributed by atoms with Gasteiger partial charge in [0.2, 0.25) is 10.0 Å². The van der Waals surface area contributed by atoms with Crippen LogP contribution in [0.2, 0.25) is 0 Å². The Bertz CT molecular complexity index is 619. The number of non-ortho nitro benzene ring substituents is 1. The molecule has 1 aromatic carbocycles. The second kappa shape index (κ2) is 5.01. The maximum atomic E-state index is 11.7. The Morgan fingerprint density at radius 2 is 2.11 bits per heavy atom. The van der Waals surface area contributed by atoms with Crippen LogP contribution in [-0.2, 0) is 10.0 Å². The third kappa shape index (κ3) is 2.95. The Hall–Kier alpha value is -2.14. The molecule has 1 aromatic rings. The van der Waals surface area contributed by atoms with Gasteiger partial charge in [-0.1, -0.05) is 6.07 Å². The summed E-state index contributed by atoms with van der Waals surface area (Å²) in [5, 5.41) is 17.9. The summed E-state index contributed by atoms with van der Waals surface area (Å²) in [4.78, 5) is 9.98. The Kier molecular flexibility index (Phi) is 3.88. The van der Waals surface area contributed by atoms with Gasteiger partial charge in [-0.05, 0) is 19.4 Å². The van der Waals surface area contributed by atoms with Crippen molar-refractivity contribution in [2.75, 3.05) is 4.72 Å². The van der Waals surface area contributed by atoms with Crippen LogP contribution >= 0.6 is 0 Å². The third-order valence-electron chi connectivity index (χ3n) is 2.33. The van der Waals surface area contributed by atoms with Crippen molar-refractivity contribution in [3.8, 4) is 6.07 Å². The Morgan fingerprint density at radius 3 is 2.61 bits per heavy atom. The number of nitro groups is 1. The lowest BCUT2D eigenvalue weighted by atomic mass is 10.2. The summed E-state index contributed by atoms with van der Waals surface area (Å²) < 4.78 is 25.5. The minimum Gasteiger partial charge on any atom is -0.282 e. The monoisotopic (exact) mass is 269 g/mol. The van der Waals surface area contributed by atoms with Crippen LogP contribution in [0.15, 0.2) is 18.2 Å². The molecule has 18 heavy (non-hydrogen) atoms. The van der Waals surface area contributed by atoms with Crippen LogP contribution in [0.5, 0.6) is 0 Å². The normalized spacial score (nSPS) is 12.5. The van der Waals surface area contributed by atoms with Gasteiger partial charge < -0.3 is 0 Å². The molecular weight excluding hydrogens is 258 g/mol. The highest BCUT2D eigenvalue weighted by atomic mass is 32.2. The highest BCUT2D eigenvalue weighted by molar-refractivity contribution is 7.93. The zero-order valence-electron chi connectivity index (χ0n) is 9.75. The van der Waals surface area contributed by atoms with E-state index < -0.39 is 20.2 Å². The standard InChI is InChI=1S/C10H11N3O4S/c1-7-3-4-9(13(14)15)5-10(7)12-18(16,17)8(2)6-11/h3-5,8,12H,1-2H3. The van der Waals surface area contributed by atoms with E-state index >= 15 is 0 Å². The van der Waals surface area contributed by atoms with Crippen LogP contribution in [0.3, 0.4) is 0 Å². The van der Waals surface area contributed by atoms with Gasteiger partial charge in [-0.25, -0.2) is 8.42 Å². The lowest BCUT2D eigenvalue weighted by Crippen LogP contribution is -2.24. The predicted molar refractivity (Wildman–Crippen MR) is 65.5 cm³/mol. The number of nitrogens with zero attached hydrogens (tertiary/aromatic N) is 2. The number of anilines is 1. The maximum absolute atomic E-state index is 11.7. The summed E-state index contributed by atoms with van der Waals surface area (Å²) >= 11 is 0. The summed E-state index contributed by atoms with van der Waals surface area (Å²) in [6.45, 7) is 2.84. The fourth-order valence-electron chi connectivity index (χ4n) is 1.14. The fraction of sp³-hybridized carbons (Fsp3) is 0.300. The van der Waals surface area contributed by atoms with Gasteiger partial charge in [-0.3, -0.25) is 14.8 Å². The average molecular weight is 269 g/mol. The molecule has 0 saturated heterocycles. The SMILES string of the molecule is Cc1ccc([N+](=O)[O-])cc1NS(=O)(=O)C(C)C#N. The molecule has 0 radical (unpaired) electrons. The van der Waals surface area contributed by atoms with E-state index in [0.29, 0.717) is 5.56 Å². The zero-order valence-corrected chi connectivity index (χ0v) is 10.6. The lowest BCUT2D eigenvalue weighted by Gasteiger charge is -2.11. The summed E-state index contributed by atoms with van der Waals surface area (Å²) in [6, 6.07) is 5.44. The number of nitro benzene ring substituents is 1. The van der Waals surface area contributed by atoms with Gasteiger partial charge in [0, 0.05) is 12.1 Å². The molecule has 0 aliphatic carbocycles. The van der Waals surface area contributed by atoms with Gasteiger partial charge in [0.25, 0.3) is 5.69 Å². The Morgan fingerprint density at radius 1 is 1.50 bits per heavy atom. The number of sulfonamides is 1. The number of benzene rings is 1. The topological polar surface area (TPSA) is 113 Å². The van der Waals surface area contributed by atoms with Crippen molar-refractivity contribution in [1.29, 1.82) is 5.26 Å². The first-order valence-corrected chi connectivity index (χ1v) is 6.49. The lowest BCUT2D eigenvalue weighted by molar-refractivity contribution is -0.384. The largest absolute Gasteiger partial charge is 0.282 e. The second-order valence-corrected chi connectivity index (χ2v) is 5.68. The highest BCUT2D eigenvalue weighted by Gasteiger charge is 2.21. The molecule has 1 atom stereocenters. The first-order chi connectivity index (χ1) is 8.27. The second-order valence-electron chi connectivity index (χ2n) is 3.67. The van der Waals surface area contributed by atoms with Crippen molar-refractivity contribution < 1.29 is 13.3 Å². The van der Waals surface area contributed by atoms with Crippen molar-refractivity contribution in [1.82, 2.24) is 0 Å². The minimum atomic E-state index is -3.86. The van der Waals surface area contributed by atoms with E-state index in [2.05, 4.69) is 4.72 Å². The molecule has 1 unspecified atom stereocenters. The fourth-order valence-corrected chi connectivity index (χ4v) is 1.99. The molecule has 96 valence electrons. The van der Waals surface area contributed by atoms with Crippen molar-refractivity contribution in [3.63, 3.8) is 0 Å². The van der Waals surface area contributed by atoms with Gasteiger partial charge in [0.15, 0.2) is 5.25 Å². The van der Waals surface area contributed by atoms with Crippen LogP contribution in [0.25, 0.3) is 0 Å². The molecule has 0 fully saturated rings. The van der Waals surface area contributed by atoms with Gasteiger partial charge in [0.05, 0.1) is 16.7 Å². The van der Waals surface area contributed by atoms with Crippen molar-refractivity contribution in [2.24, 2.45) is 0 Å². The molecule has 0 amide bonds. The Balaban J connectivity index is 3.16. The first kappa shape index (κ1) is 13.9. The summed E-state index contributed by atoms with van der Waals surface area (Å²) in [6.07, 6.45) is 0. The average Bonchev–Trinajstić information content (AvgIpc) is 2.30.